The lowest BCUT2D eigenvalue weighted by molar-refractivity contribution is -0.114. The minimum Gasteiger partial charge on any atom is -0.494 e. The summed E-state index contributed by atoms with van der Waals surface area (Å²) in [4.78, 5) is 16.5. The van der Waals surface area contributed by atoms with Gasteiger partial charge >= 0.3 is 0 Å². The summed E-state index contributed by atoms with van der Waals surface area (Å²) in [6.45, 7) is 2.71. The highest BCUT2D eigenvalue weighted by Gasteiger charge is 2.36. The SMILES string of the molecule is CCOc1ccc(N2C(=O)/C(=C/c3cc(Br)c(OCc4ccc(F)cc4)c(OC)c3)N(C)C2=S)cc1. The smallest absolute Gasteiger partial charge is 0.281 e. The molecule has 1 fully saturated rings. The minimum absolute atomic E-state index is 0.238. The number of ether oxygens (including phenoxy) is 3. The summed E-state index contributed by atoms with van der Waals surface area (Å²) in [6, 6.07) is 16.9. The van der Waals surface area contributed by atoms with Gasteiger partial charge in [0.05, 0.1) is 23.9 Å². The molecule has 4 rings (SSSR count). The van der Waals surface area contributed by atoms with Crippen molar-refractivity contribution in [2.45, 2.75) is 13.5 Å². The highest BCUT2D eigenvalue weighted by Crippen LogP contribution is 2.38. The topological polar surface area (TPSA) is 51.2 Å². The molecule has 3 aromatic carbocycles. The fourth-order valence-electron chi connectivity index (χ4n) is 3.70. The molecule has 0 bridgehead atoms. The van der Waals surface area contributed by atoms with E-state index < -0.39 is 0 Å². The molecule has 0 unspecified atom stereocenters. The third-order valence-corrected chi connectivity index (χ3v) is 6.56. The van der Waals surface area contributed by atoms with Gasteiger partial charge in [-0.2, -0.15) is 0 Å². The van der Waals surface area contributed by atoms with Crippen LogP contribution in [0.1, 0.15) is 18.1 Å². The van der Waals surface area contributed by atoms with Crippen molar-refractivity contribution in [3.8, 4) is 17.2 Å². The van der Waals surface area contributed by atoms with Gasteiger partial charge < -0.3 is 19.1 Å². The number of likely N-dealkylation sites (N-methyl/N-ethyl adjacent to an activating group) is 1. The van der Waals surface area contributed by atoms with Crippen LogP contribution in [-0.2, 0) is 11.4 Å². The summed E-state index contributed by atoms with van der Waals surface area (Å²) in [5.74, 6) is 1.17. The largest absolute Gasteiger partial charge is 0.494 e. The fourth-order valence-corrected chi connectivity index (χ4v) is 4.56. The molecule has 9 heteroatoms. The first-order valence-electron chi connectivity index (χ1n) is 11.1. The van der Waals surface area contributed by atoms with Crippen LogP contribution < -0.4 is 19.1 Å². The van der Waals surface area contributed by atoms with Gasteiger partial charge in [-0.25, -0.2) is 4.39 Å². The van der Waals surface area contributed by atoms with Crippen molar-refractivity contribution >= 4 is 50.9 Å². The fraction of sp³-hybridized carbons (Fsp3) is 0.185. The van der Waals surface area contributed by atoms with Crippen molar-refractivity contribution in [2.75, 3.05) is 25.7 Å². The molecule has 0 aromatic heterocycles. The molecule has 0 spiro atoms. The molecule has 1 aliphatic heterocycles. The van der Waals surface area contributed by atoms with E-state index in [-0.39, 0.29) is 18.3 Å². The van der Waals surface area contributed by atoms with Crippen LogP contribution >= 0.6 is 28.1 Å². The molecule has 186 valence electrons. The Balaban J connectivity index is 1.58. The predicted octanol–water partition coefficient (Wildman–Crippen LogP) is 6.18. The van der Waals surface area contributed by atoms with E-state index in [2.05, 4.69) is 15.9 Å². The van der Waals surface area contributed by atoms with Gasteiger partial charge in [0.2, 0.25) is 0 Å². The van der Waals surface area contributed by atoms with Crippen LogP contribution in [0.3, 0.4) is 0 Å². The Bertz CT molecular complexity index is 1310. The van der Waals surface area contributed by atoms with Crippen LogP contribution in [0.2, 0.25) is 0 Å². The van der Waals surface area contributed by atoms with Gasteiger partial charge in [0, 0.05) is 7.05 Å². The summed E-state index contributed by atoms with van der Waals surface area (Å²) in [5, 5.41) is 0.376. The number of hydrogen-bond acceptors (Lipinski definition) is 5. The van der Waals surface area contributed by atoms with E-state index in [4.69, 9.17) is 26.4 Å². The van der Waals surface area contributed by atoms with E-state index >= 15 is 0 Å². The van der Waals surface area contributed by atoms with E-state index in [1.54, 1.807) is 55.5 Å². The predicted molar refractivity (Wildman–Crippen MR) is 145 cm³/mol. The van der Waals surface area contributed by atoms with E-state index in [9.17, 15) is 9.18 Å². The average molecular weight is 571 g/mol. The van der Waals surface area contributed by atoms with Gasteiger partial charge in [-0.3, -0.25) is 9.69 Å². The number of anilines is 1. The molecule has 0 saturated carbocycles. The highest BCUT2D eigenvalue weighted by atomic mass is 79.9. The minimum atomic E-state index is -0.304. The molecule has 0 aliphatic carbocycles. The second kappa shape index (κ2) is 11.1. The summed E-state index contributed by atoms with van der Waals surface area (Å²) in [6.07, 6.45) is 1.75. The first-order valence-corrected chi connectivity index (χ1v) is 12.3. The number of halogens is 2. The molecule has 3 aromatic rings. The molecule has 1 amide bonds. The van der Waals surface area contributed by atoms with Crippen molar-refractivity contribution in [1.29, 1.82) is 0 Å². The Morgan fingerprint density at radius 1 is 1.06 bits per heavy atom. The molecule has 0 atom stereocenters. The second-order valence-electron chi connectivity index (χ2n) is 7.89. The summed E-state index contributed by atoms with van der Waals surface area (Å²) >= 11 is 9.11. The van der Waals surface area contributed by atoms with Crippen LogP contribution in [0.25, 0.3) is 6.08 Å². The van der Waals surface area contributed by atoms with Crippen molar-refractivity contribution < 1.29 is 23.4 Å². The number of thiocarbonyl (C=S) groups is 1. The maximum absolute atomic E-state index is 13.3. The molecule has 0 radical (unpaired) electrons. The van der Waals surface area contributed by atoms with Crippen molar-refractivity contribution in [3.63, 3.8) is 0 Å². The van der Waals surface area contributed by atoms with Crippen LogP contribution in [-0.4, -0.2) is 36.7 Å². The van der Waals surface area contributed by atoms with Gasteiger partial charge in [0.15, 0.2) is 16.6 Å². The maximum Gasteiger partial charge on any atom is 0.281 e. The maximum atomic E-state index is 13.3. The Morgan fingerprint density at radius 3 is 2.39 bits per heavy atom. The van der Waals surface area contributed by atoms with E-state index in [1.807, 2.05) is 25.1 Å². The second-order valence-corrected chi connectivity index (χ2v) is 9.11. The molecule has 1 heterocycles. The van der Waals surface area contributed by atoms with Crippen molar-refractivity contribution in [3.05, 3.63) is 87.8 Å². The average Bonchev–Trinajstić information content (AvgIpc) is 3.08. The third kappa shape index (κ3) is 5.37. The quantitative estimate of drug-likeness (QED) is 0.238. The number of benzene rings is 3. The van der Waals surface area contributed by atoms with Crippen LogP contribution in [0.4, 0.5) is 10.1 Å². The number of nitrogens with zero attached hydrogens (tertiary/aromatic N) is 2. The van der Waals surface area contributed by atoms with Gasteiger partial charge in [0.1, 0.15) is 23.9 Å². The zero-order valence-corrected chi connectivity index (χ0v) is 22.4. The number of amides is 1. The molecular weight excluding hydrogens is 547 g/mol. The Morgan fingerprint density at radius 2 is 1.75 bits per heavy atom. The summed E-state index contributed by atoms with van der Waals surface area (Å²) in [7, 11) is 3.30. The van der Waals surface area contributed by atoms with Gasteiger partial charge in [-0.15, -0.1) is 0 Å². The highest BCUT2D eigenvalue weighted by molar-refractivity contribution is 9.10. The number of carbonyl (C=O) groups excluding carboxylic acids is 1. The van der Waals surface area contributed by atoms with Gasteiger partial charge in [0.25, 0.3) is 5.91 Å². The number of hydrogen-bond donors (Lipinski definition) is 0. The van der Waals surface area contributed by atoms with Crippen LogP contribution in [0.5, 0.6) is 17.2 Å². The lowest BCUT2D eigenvalue weighted by Gasteiger charge is -2.16. The van der Waals surface area contributed by atoms with E-state index in [1.165, 1.54) is 17.0 Å². The lowest BCUT2D eigenvalue weighted by Crippen LogP contribution is -2.31. The zero-order chi connectivity index (χ0) is 25.8. The van der Waals surface area contributed by atoms with Crippen LogP contribution in [0, 0.1) is 5.82 Å². The van der Waals surface area contributed by atoms with Crippen molar-refractivity contribution in [1.82, 2.24) is 4.90 Å². The number of rotatable bonds is 8. The summed E-state index contributed by atoms with van der Waals surface area (Å²) < 4.78 is 30.8. The molecular formula is C27H24BrFN2O4S. The van der Waals surface area contributed by atoms with Gasteiger partial charge in [-0.1, -0.05) is 12.1 Å². The molecule has 36 heavy (non-hydrogen) atoms. The Hall–Kier alpha value is -3.43. The third-order valence-electron chi connectivity index (χ3n) is 5.52. The molecule has 6 nitrogen and oxygen atoms in total. The molecule has 0 N–H and O–H groups in total. The molecule has 1 aliphatic rings. The monoisotopic (exact) mass is 570 g/mol. The zero-order valence-electron chi connectivity index (χ0n) is 20.0. The van der Waals surface area contributed by atoms with Crippen LogP contribution in [0.15, 0.2) is 70.8 Å². The first kappa shape index (κ1) is 25.7. The van der Waals surface area contributed by atoms with E-state index in [0.717, 1.165) is 16.9 Å². The number of carbonyl (C=O) groups is 1. The summed E-state index contributed by atoms with van der Waals surface area (Å²) in [5.41, 5.74) is 2.62. The Kier molecular flexibility index (Phi) is 7.91. The van der Waals surface area contributed by atoms with Gasteiger partial charge in [-0.05, 0) is 101 Å². The first-order chi connectivity index (χ1) is 17.3. The normalized spacial score (nSPS) is 14.5. The van der Waals surface area contributed by atoms with Crippen molar-refractivity contribution in [2.24, 2.45) is 0 Å². The van der Waals surface area contributed by atoms with E-state index in [0.29, 0.717) is 39.1 Å². The lowest BCUT2D eigenvalue weighted by atomic mass is 10.1. The Labute approximate surface area is 223 Å². The molecule has 1 saturated heterocycles. The standard InChI is InChI=1S/C27H24BrFN2O4S/c1-4-34-21-11-9-20(10-12-21)31-26(32)23(30(2)27(31)36)14-18-13-22(28)25(24(15-18)33-3)35-16-17-5-7-19(29)8-6-17/h5-15H,4,16H2,1-3H3/b23-14-. The number of methoxy groups -OCH3 is 1.